The first-order chi connectivity index (χ1) is 15.0. The van der Waals surface area contributed by atoms with E-state index in [-0.39, 0.29) is 11.3 Å². The number of benzene rings is 2. The number of nitrogens with zero attached hydrogens (tertiary/aromatic N) is 2. The van der Waals surface area contributed by atoms with Crippen molar-refractivity contribution in [3.05, 3.63) is 71.3 Å². The van der Waals surface area contributed by atoms with E-state index in [2.05, 4.69) is 15.3 Å². The summed E-state index contributed by atoms with van der Waals surface area (Å²) in [6.07, 6.45) is 2.19. The van der Waals surface area contributed by atoms with Crippen molar-refractivity contribution in [2.24, 2.45) is 0 Å². The molecule has 1 aliphatic rings. The molecule has 9 nitrogen and oxygen atoms in total. The van der Waals surface area contributed by atoms with Crippen LogP contribution in [0.1, 0.15) is 33.4 Å². The highest BCUT2D eigenvalue weighted by Gasteiger charge is 2.36. The summed E-state index contributed by atoms with van der Waals surface area (Å²) in [7, 11) is 3.13. The molecular weight excluding hydrogens is 400 g/mol. The van der Waals surface area contributed by atoms with Gasteiger partial charge in [0.05, 0.1) is 37.5 Å². The highest BCUT2D eigenvalue weighted by atomic mass is 16.5. The summed E-state index contributed by atoms with van der Waals surface area (Å²) >= 11 is 0. The van der Waals surface area contributed by atoms with Gasteiger partial charge in [-0.05, 0) is 30.3 Å². The quantitative estimate of drug-likeness (QED) is 0.581. The van der Waals surface area contributed by atoms with Crippen molar-refractivity contribution < 1.29 is 24.2 Å². The number of carboxylic acid groups (broad SMARTS) is 1. The number of methoxy groups -OCH3 is 2. The van der Waals surface area contributed by atoms with Crippen LogP contribution in [0.2, 0.25) is 0 Å². The number of carbonyl (C=O) groups is 2. The Hall–Kier alpha value is -4.01. The molecule has 9 heteroatoms. The van der Waals surface area contributed by atoms with Crippen LogP contribution < -0.4 is 14.8 Å². The van der Waals surface area contributed by atoms with Crippen LogP contribution in [0.25, 0.3) is 0 Å². The van der Waals surface area contributed by atoms with Crippen molar-refractivity contribution in [2.45, 2.75) is 12.5 Å². The van der Waals surface area contributed by atoms with Crippen LogP contribution in [0.3, 0.4) is 0 Å². The second kappa shape index (κ2) is 8.39. The lowest BCUT2D eigenvalue weighted by Gasteiger charge is -2.36. The zero-order chi connectivity index (χ0) is 22.0. The molecule has 160 valence electrons. The second-order valence-electron chi connectivity index (χ2n) is 7.00. The predicted octanol–water partition coefficient (Wildman–Crippen LogP) is 3.30. The summed E-state index contributed by atoms with van der Waals surface area (Å²) in [5, 5.41) is 12.2. The smallest absolute Gasteiger partial charge is 0.337 e. The van der Waals surface area contributed by atoms with Gasteiger partial charge in [0.2, 0.25) is 0 Å². The van der Waals surface area contributed by atoms with Gasteiger partial charge < -0.3 is 29.8 Å². The Morgan fingerprint density at radius 2 is 2.00 bits per heavy atom. The maximum atomic E-state index is 13.3. The number of fused-ring (bicyclic) bond motifs is 1. The number of hydrogen-bond acceptors (Lipinski definition) is 5. The number of aromatic carboxylic acids is 1. The first-order valence-electron chi connectivity index (χ1n) is 9.67. The van der Waals surface area contributed by atoms with Crippen LogP contribution in [0.15, 0.2) is 48.8 Å². The Morgan fingerprint density at radius 1 is 1.19 bits per heavy atom. The van der Waals surface area contributed by atoms with Crippen LogP contribution in [0.4, 0.5) is 10.5 Å². The number of anilines is 1. The van der Waals surface area contributed by atoms with Crippen molar-refractivity contribution in [3.8, 4) is 11.5 Å². The monoisotopic (exact) mass is 422 g/mol. The molecule has 3 N–H and O–H groups in total. The van der Waals surface area contributed by atoms with Crippen LogP contribution in [0, 0.1) is 0 Å². The summed E-state index contributed by atoms with van der Waals surface area (Å²) in [6.45, 7) is 0.404. The van der Waals surface area contributed by atoms with E-state index < -0.39 is 18.0 Å². The standard InChI is InChI=1S/C22H22N4O5/c1-30-13-7-8-18(31-2)15(11-13)20-19-17(23-12-24-19)9-10-26(20)22(29)25-16-6-4-3-5-14(16)21(27)28/h3-8,11-12,20H,9-10H2,1-2H3,(H,23,24)(H,25,29)(H,27,28)/t20-/m0/s1. The number of urea groups is 1. The maximum Gasteiger partial charge on any atom is 0.337 e. The molecular formula is C22H22N4O5. The fraction of sp³-hybridized carbons (Fsp3) is 0.227. The number of aromatic amines is 1. The Morgan fingerprint density at radius 3 is 2.74 bits per heavy atom. The van der Waals surface area contributed by atoms with E-state index in [1.54, 1.807) is 55.8 Å². The number of carbonyl (C=O) groups excluding carboxylic acids is 1. The number of amides is 2. The summed E-state index contributed by atoms with van der Waals surface area (Å²) in [5.41, 5.74) is 2.61. The number of H-pyrrole nitrogens is 1. The molecule has 1 aliphatic heterocycles. The van der Waals surface area contributed by atoms with Gasteiger partial charge in [-0.1, -0.05) is 12.1 Å². The van der Waals surface area contributed by atoms with Crippen LogP contribution in [0.5, 0.6) is 11.5 Å². The number of para-hydroxylation sites is 1. The molecule has 0 spiro atoms. The minimum Gasteiger partial charge on any atom is -0.497 e. The van der Waals surface area contributed by atoms with E-state index >= 15 is 0 Å². The molecule has 3 aromatic rings. The first-order valence-corrected chi connectivity index (χ1v) is 9.67. The lowest BCUT2D eigenvalue weighted by atomic mass is 9.95. The Kier molecular flexibility index (Phi) is 5.48. The van der Waals surface area contributed by atoms with Gasteiger partial charge in [-0.15, -0.1) is 0 Å². The average Bonchev–Trinajstić information content (AvgIpc) is 3.27. The number of hydrogen-bond donors (Lipinski definition) is 3. The lowest BCUT2D eigenvalue weighted by molar-refractivity contribution is 0.0698. The molecule has 0 saturated carbocycles. The van der Waals surface area contributed by atoms with Gasteiger partial charge in [0.1, 0.15) is 17.5 Å². The second-order valence-corrected chi connectivity index (χ2v) is 7.00. The SMILES string of the molecule is COc1ccc(OC)c([C@H]2c3nc[nH]c3CCN2C(=O)Nc2ccccc2C(=O)O)c1. The number of aromatic nitrogens is 2. The summed E-state index contributed by atoms with van der Waals surface area (Å²) < 4.78 is 10.9. The molecule has 2 aromatic carbocycles. The topological polar surface area (TPSA) is 117 Å². The highest BCUT2D eigenvalue weighted by molar-refractivity contribution is 6.00. The molecule has 4 rings (SSSR count). The molecule has 1 aromatic heterocycles. The maximum absolute atomic E-state index is 13.3. The molecule has 0 unspecified atom stereocenters. The van der Waals surface area contributed by atoms with E-state index in [0.29, 0.717) is 30.2 Å². The Labute approximate surface area is 178 Å². The van der Waals surface area contributed by atoms with E-state index in [1.807, 2.05) is 6.07 Å². The zero-order valence-electron chi connectivity index (χ0n) is 17.1. The molecule has 1 atom stereocenters. The molecule has 0 bridgehead atoms. The Balaban J connectivity index is 1.76. The van der Waals surface area contributed by atoms with Gasteiger partial charge in [0.25, 0.3) is 0 Å². The minimum absolute atomic E-state index is 0.0174. The minimum atomic E-state index is -1.12. The highest BCUT2D eigenvalue weighted by Crippen LogP contribution is 2.40. The van der Waals surface area contributed by atoms with E-state index in [0.717, 1.165) is 11.3 Å². The average molecular weight is 422 g/mol. The summed E-state index contributed by atoms with van der Waals surface area (Å²) in [4.78, 5) is 34.1. The number of imidazole rings is 1. The van der Waals surface area contributed by atoms with Crippen LogP contribution in [-0.2, 0) is 6.42 Å². The number of rotatable bonds is 5. The fourth-order valence-corrected chi connectivity index (χ4v) is 3.83. The molecule has 0 radical (unpaired) electrons. The molecule has 2 amide bonds. The summed E-state index contributed by atoms with van der Waals surface area (Å²) in [5.74, 6) is 0.0931. The number of ether oxygens (including phenoxy) is 2. The predicted molar refractivity (Wildman–Crippen MR) is 113 cm³/mol. The molecule has 31 heavy (non-hydrogen) atoms. The van der Waals surface area contributed by atoms with Crippen molar-refractivity contribution in [1.29, 1.82) is 0 Å². The van der Waals surface area contributed by atoms with Crippen molar-refractivity contribution in [3.63, 3.8) is 0 Å². The fourth-order valence-electron chi connectivity index (χ4n) is 3.83. The lowest BCUT2D eigenvalue weighted by Crippen LogP contribution is -2.43. The van der Waals surface area contributed by atoms with Gasteiger partial charge in [0.15, 0.2) is 0 Å². The zero-order valence-corrected chi connectivity index (χ0v) is 17.1. The van der Waals surface area contributed by atoms with E-state index in [9.17, 15) is 14.7 Å². The van der Waals surface area contributed by atoms with Crippen molar-refractivity contribution >= 4 is 17.7 Å². The first kappa shape index (κ1) is 20.3. The van der Waals surface area contributed by atoms with Crippen molar-refractivity contribution in [1.82, 2.24) is 14.9 Å². The normalized spacial score (nSPS) is 15.2. The van der Waals surface area contributed by atoms with Crippen molar-refractivity contribution in [2.75, 3.05) is 26.1 Å². The molecule has 0 aliphatic carbocycles. The van der Waals surface area contributed by atoms with Crippen LogP contribution >= 0.6 is 0 Å². The van der Waals surface area contributed by atoms with Gasteiger partial charge in [-0.2, -0.15) is 0 Å². The summed E-state index contributed by atoms with van der Waals surface area (Å²) in [6, 6.07) is 10.7. The largest absolute Gasteiger partial charge is 0.497 e. The van der Waals surface area contributed by atoms with Gasteiger partial charge >= 0.3 is 12.0 Å². The number of carboxylic acids is 1. The third-order valence-corrected chi connectivity index (χ3v) is 5.32. The molecule has 0 fully saturated rings. The third kappa shape index (κ3) is 3.77. The van der Waals surface area contributed by atoms with Crippen LogP contribution in [-0.4, -0.2) is 52.7 Å². The molecule has 0 saturated heterocycles. The molecule has 2 heterocycles. The van der Waals surface area contributed by atoms with Gasteiger partial charge in [0, 0.05) is 24.2 Å². The van der Waals surface area contributed by atoms with E-state index in [4.69, 9.17) is 9.47 Å². The van der Waals surface area contributed by atoms with E-state index in [1.165, 1.54) is 6.07 Å². The van der Waals surface area contributed by atoms with Gasteiger partial charge in [-0.25, -0.2) is 14.6 Å². The Bertz CT molecular complexity index is 1130. The van der Waals surface area contributed by atoms with Gasteiger partial charge in [-0.3, -0.25) is 0 Å². The third-order valence-electron chi connectivity index (χ3n) is 5.32. The number of nitrogens with one attached hydrogen (secondary N) is 2.